The predicted octanol–water partition coefficient (Wildman–Crippen LogP) is 2.65. The lowest BCUT2D eigenvalue weighted by molar-refractivity contribution is 0.208. The van der Waals surface area contributed by atoms with Crippen LogP contribution < -0.4 is 15.7 Å². The third-order valence-electron chi connectivity index (χ3n) is 4.02. The van der Waals surface area contributed by atoms with E-state index in [0.717, 1.165) is 13.0 Å². The van der Waals surface area contributed by atoms with Crippen LogP contribution >= 0.6 is 7.75 Å². The molecule has 0 aliphatic carbocycles. The minimum atomic E-state index is -3.50. The molecule has 1 aliphatic heterocycles. The molecule has 0 spiro atoms. The van der Waals surface area contributed by atoms with Crippen molar-refractivity contribution in [1.82, 2.24) is 10.3 Å². The van der Waals surface area contributed by atoms with Gasteiger partial charge in [0.25, 0.3) is 0 Å². The lowest BCUT2D eigenvalue weighted by Gasteiger charge is -2.42. The van der Waals surface area contributed by atoms with E-state index in [1.807, 2.05) is 13.8 Å². The van der Waals surface area contributed by atoms with E-state index in [0.29, 0.717) is 37.1 Å². The highest BCUT2D eigenvalue weighted by molar-refractivity contribution is 7.55. The smallest absolute Gasteiger partial charge is 0.396 e. The summed E-state index contributed by atoms with van der Waals surface area (Å²) in [5.41, 5.74) is 7.21. The number of piperidine rings is 1. The van der Waals surface area contributed by atoms with Crippen LogP contribution in [0.15, 0.2) is 18.5 Å². The molecule has 0 bridgehead atoms. The molecule has 1 fully saturated rings. The second-order valence-electron chi connectivity index (χ2n) is 5.62. The number of anilines is 2. The molecule has 2 unspecified atom stereocenters. The number of nitrogens with two attached hydrogens (primary N) is 1. The van der Waals surface area contributed by atoms with Gasteiger partial charge < -0.3 is 11.1 Å². The van der Waals surface area contributed by atoms with Gasteiger partial charge in [-0.25, -0.2) is 4.57 Å². The van der Waals surface area contributed by atoms with Gasteiger partial charge in [0.15, 0.2) is 0 Å². The van der Waals surface area contributed by atoms with Crippen LogP contribution in [0.25, 0.3) is 0 Å². The molecule has 0 amide bonds. The molecule has 23 heavy (non-hydrogen) atoms. The first-order valence-corrected chi connectivity index (χ1v) is 9.62. The molecule has 0 aromatic carbocycles. The van der Waals surface area contributed by atoms with E-state index >= 15 is 0 Å². The lowest BCUT2D eigenvalue weighted by atomic mass is 9.94. The Balaban J connectivity index is 2.50. The summed E-state index contributed by atoms with van der Waals surface area (Å²) in [7, 11) is -3.50. The fourth-order valence-electron chi connectivity index (χ4n) is 2.89. The highest BCUT2D eigenvalue weighted by Crippen LogP contribution is 2.57. The van der Waals surface area contributed by atoms with Crippen molar-refractivity contribution in [2.24, 2.45) is 5.92 Å². The lowest BCUT2D eigenvalue weighted by Crippen LogP contribution is -2.50. The molecule has 0 radical (unpaired) electrons. The quantitative estimate of drug-likeness (QED) is 0.736. The molecular weight excluding hydrogens is 315 g/mol. The first kappa shape index (κ1) is 18.2. The van der Waals surface area contributed by atoms with Gasteiger partial charge in [0.1, 0.15) is 0 Å². The van der Waals surface area contributed by atoms with Crippen molar-refractivity contribution in [1.29, 1.82) is 0 Å². The van der Waals surface area contributed by atoms with Crippen molar-refractivity contribution in [2.45, 2.75) is 33.2 Å². The maximum Gasteiger partial charge on any atom is 0.435 e. The van der Waals surface area contributed by atoms with Crippen LogP contribution in [0.2, 0.25) is 0 Å². The number of hydrogen-bond donors (Lipinski definition) is 2. The molecule has 130 valence electrons. The SMILES string of the molecule is CCOP(=O)(OCC)N(c1ccncc1N)C1CNCCC1C. The topological polar surface area (TPSA) is 89.7 Å². The molecule has 1 aliphatic rings. The highest BCUT2D eigenvalue weighted by atomic mass is 31.2. The van der Waals surface area contributed by atoms with Crippen LogP contribution in [0, 0.1) is 5.92 Å². The Morgan fingerprint density at radius 2 is 2.13 bits per heavy atom. The molecule has 2 heterocycles. The molecule has 8 heteroatoms. The zero-order valence-corrected chi connectivity index (χ0v) is 15.0. The molecule has 7 nitrogen and oxygen atoms in total. The molecule has 1 aromatic rings. The maximum absolute atomic E-state index is 13.5. The zero-order chi connectivity index (χ0) is 16.9. The molecule has 1 saturated heterocycles. The van der Waals surface area contributed by atoms with E-state index in [-0.39, 0.29) is 6.04 Å². The number of nitrogens with zero attached hydrogens (tertiary/aromatic N) is 2. The van der Waals surface area contributed by atoms with Gasteiger partial charge >= 0.3 is 7.75 Å². The van der Waals surface area contributed by atoms with Crippen LogP contribution in [0.4, 0.5) is 11.4 Å². The molecule has 3 N–H and O–H groups in total. The summed E-state index contributed by atoms with van der Waals surface area (Å²) in [5, 5.41) is 3.36. The van der Waals surface area contributed by atoms with Crippen LogP contribution in [0.3, 0.4) is 0 Å². The van der Waals surface area contributed by atoms with Crippen molar-refractivity contribution >= 4 is 19.1 Å². The summed E-state index contributed by atoms with van der Waals surface area (Å²) in [6, 6.07) is 1.74. The van der Waals surface area contributed by atoms with Crippen LogP contribution in [0.5, 0.6) is 0 Å². The summed E-state index contributed by atoms with van der Waals surface area (Å²) in [6.07, 6.45) is 4.19. The Hall–Kier alpha value is -1.14. The normalized spacial score (nSPS) is 22.0. The Bertz CT molecular complexity index is 547. The number of pyridine rings is 1. The van der Waals surface area contributed by atoms with Crippen molar-refractivity contribution in [3.8, 4) is 0 Å². The first-order valence-electron chi connectivity index (χ1n) is 8.12. The van der Waals surface area contributed by atoms with Gasteiger partial charge in [0.2, 0.25) is 0 Å². The van der Waals surface area contributed by atoms with Gasteiger partial charge in [0.05, 0.1) is 36.8 Å². The minimum absolute atomic E-state index is 0.0302. The molecule has 2 rings (SSSR count). The van der Waals surface area contributed by atoms with Crippen molar-refractivity contribution in [3.63, 3.8) is 0 Å². The summed E-state index contributed by atoms with van der Waals surface area (Å²) in [4.78, 5) is 4.03. The number of nitrogen functional groups attached to an aromatic ring is 1. The van der Waals surface area contributed by atoms with Crippen molar-refractivity contribution in [3.05, 3.63) is 18.5 Å². The number of aromatic nitrogens is 1. The average Bonchev–Trinajstić information content (AvgIpc) is 2.52. The van der Waals surface area contributed by atoms with Crippen LogP contribution in [-0.2, 0) is 13.6 Å². The fourth-order valence-corrected chi connectivity index (χ4v) is 4.98. The van der Waals surface area contributed by atoms with E-state index in [1.54, 1.807) is 23.1 Å². The van der Waals surface area contributed by atoms with Crippen LogP contribution in [-0.4, -0.2) is 37.3 Å². The van der Waals surface area contributed by atoms with Gasteiger partial charge in [0, 0.05) is 12.7 Å². The van der Waals surface area contributed by atoms with E-state index in [4.69, 9.17) is 14.8 Å². The second kappa shape index (κ2) is 8.11. The molecular formula is C15H27N4O3P. The van der Waals surface area contributed by atoms with E-state index in [2.05, 4.69) is 17.2 Å². The van der Waals surface area contributed by atoms with E-state index in [1.165, 1.54) is 0 Å². The highest BCUT2D eigenvalue weighted by Gasteiger charge is 2.42. The summed E-state index contributed by atoms with van der Waals surface area (Å²) in [6.45, 7) is 8.02. The fraction of sp³-hybridized carbons (Fsp3) is 0.667. The van der Waals surface area contributed by atoms with Crippen molar-refractivity contribution in [2.75, 3.05) is 36.7 Å². The van der Waals surface area contributed by atoms with Gasteiger partial charge in [-0.2, -0.15) is 0 Å². The maximum atomic E-state index is 13.5. The third-order valence-corrected chi connectivity index (χ3v) is 6.23. The largest absolute Gasteiger partial charge is 0.435 e. The van der Waals surface area contributed by atoms with Gasteiger partial charge in [-0.15, -0.1) is 0 Å². The Kier molecular flexibility index (Phi) is 6.41. The molecule has 0 saturated carbocycles. The third kappa shape index (κ3) is 4.04. The molecule has 2 atom stereocenters. The van der Waals surface area contributed by atoms with Gasteiger partial charge in [-0.3, -0.25) is 18.7 Å². The summed E-state index contributed by atoms with van der Waals surface area (Å²) >= 11 is 0. The van der Waals surface area contributed by atoms with E-state index in [9.17, 15) is 4.57 Å². The standard InChI is InChI=1S/C15H27N4O3P/c1-4-21-23(20,22-5-2)19(14-7-9-17-10-13(14)16)15-11-18-8-6-12(15)3/h7,9-10,12,15,18H,4-6,8,11,16H2,1-3H3. The van der Waals surface area contributed by atoms with Gasteiger partial charge in [-0.05, 0) is 38.8 Å². The zero-order valence-electron chi connectivity index (χ0n) is 14.1. The second-order valence-corrected chi connectivity index (χ2v) is 7.51. The van der Waals surface area contributed by atoms with Crippen molar-refractivity contribution < 1.29 is 13.6 Å². The number of hydrogen-bond acceptors (Lipinski definition) is 6. The Morgan fingerprint density at radius 3 is 2.70 bits per heavy atom. The summed E-state index contributed by atoms with van der Waals surface area (Å²) < 4.78 is 26.4. The molecule has 1 aromatic heterocycles. The number of rotatable bonds is 7. The minimum Gasteiger partial charge on any atom is -0.396 e. The monoisotopic (exact) mass is 342 g/mol. The Labute approximate surface area is 138 Å². The number of nitrogens with one attached hydrogen (secondary N) is 1. The Morgan fingerprint density at radius 1 is 1.43 bits per heavy atom. The first-order chi connectivity index (χ1) is 11.0. The predicted molar refractivity (Wildman–Crippen MR) is 92.4 cm³/mol. The van der Waals surface area contributed by atoms with Gasteiger partial charge in [-0.1, -0.05) is 6.92 Å². The summed E-state index contributed by atoms with van der Waals surface area (Å²) in [5.74, 6) is 0.332. The van der Waals surface area contributed by atoms with Crippen LogP contribution in [0.1, 0.15) is 27.2 Å². The van der Waals surface area contributed by atoms with E-state index < -0.39 is 7.75 Å². The average molecular weight is 342 g/mol.